The van der Waals surface area contributed by atoms with Crippen molar-refractivity contribution in [1.29, 1.82) is 0 Å². The average molecular weight is 787 g/mol. The quantitative estimate of drug-likeness (QED) is 0.111. The molecule has 1 N–H and O–H groups in total. The van der Waals surface area contributed by atoms with Gasteiger partial charge in [-0.25, -0.2) is 14.5 Å². The molecule has 0 spiro atoms. The van der Waals surface area contributed by atoms with Gasteiger partial charge in [0.2, 0.25) is 0 Å². The highest BCUT2D eigenvalue weighted by atomic mass is 127. The topological polar surface area (TPSA) is 107 Å². The Morgan fingerprint density at radius 1 is 0.959 bits per heavy atom. The molecule has 2 atom stereocenters. The number of ether oxygens (including phenoxy) is 1. The molecule has 12 heteroatoms. The zero-order valence-electron chi connectivity index (χ0n) is 28.0. The Hall–Kier alpha value is -4.11. The maximum Gasteiger partial charge on any atom is 0.272 e. The molecule has 1 aliphatic heterocycles. The van der Waals surface area contributed by atoms with E-state index in [1.165, 1.54) is 10.4 Å². The molecule has 1 saturated heterocycles. The molecule has 1 unspecified atom stereocenters. The molecule has 10 nitrogen and oxygen atoms in total. The van der Waals surface area contributed by atoms with Crippen LogP contribution < -0.4 is 20.6 Å². The number of furan rings is 1. The number of alkyl halides is 1. The summed E-state index contributed by atoms with van der Waals surface area (Å²) in [5, 5.41) is 11.0. The van der Waals surface area contributed by atoms with Crippen LogP contribution in [0.5, 0.6) is 0 Å². The molecular weight excluding hydrogens is 747 g/mol. The Morgan fingerprint density at radius 3 is 2.29 bits per heavy atom. The van der Waals surface area contributed by atoms with Crippen molar-refractivity contribution >= 4 is 69.6 Å². The van der Waals surface area contributed by atoms with E-state index in [1.54, 1.807) is 29.0 Å². The zero-order valence-corrected chi connectivity index (χ0v) is 31.1. The summed E-state index contributed by atoms with van der Waals surface area (Å²) in [4.78, 5) is 25.1. The second-order valence-corrected chi connectivity index (χ2v) is 18.8. The summed E-state index contributed by atoms with van der Waals surface area (Å²) in [6.45, 7) is 11.6. The Balaban J connectivity index is 1.15. The first kappa shape index (κ1) is 33.4. The third-order valence-corrected chi connectivity index (χ3v) is 15.9. The fourth-order valence-corrected chi connectivity index (χ4v) is 12.5. The number of anilines is 1. The Morgan fingerprint density at radius 2 is 1.63 bits per heavy atom. The summed E-state index contributed by atoms with van der Waals surface area (Å²) in [5.74, 6) is 1.15. The average Bonchev–Trinajstić information content (AvgIpc) is 3.75. The number of amides is 1. The lowest BCUT2D eigenvalue weighted by Gasteiger charge is -2.45. The molecular formula is C37H39IN6O4Si. The summed E-state index contributed by atoms with van der Waals surface area (Å²) in [6.07, 6.45) is 3.47. The molecule has 6 aromatic rings. The lowest BCUT2D eigenvalue weighted by molar-refractivity contribution is 0.0914. The van der Waals surface area contributed by atoms with Crippen molar-refractivity contribution in [3.05, 3.63) is 103 Å². The van der Waals surface area contributed by atoms with E-state index in [4.69, 9.17) is 18.7 Å². The van der Waals surface area contributed by atoms with Crippen LogP contribution in [-0.4, -0.2) is 70.3 Å². The summed E-state index contributed by atoms with van der Waals surface area (Å²) in [5.41, 5.74) is 2.23. The minimum absolute atomic E-state index is 0.192. The number of fused-ring (bicyclic) bond motifs is 2. The van der Waals surface area contributed by atoms with Crippen molar-refractivity contribution in [2.75, 3.05) is 31.2 Å². The van der Waals surface area contributed by atoms with Crippen LogP contribution in [0.1, 0.15) is 38.2 Å². The number of nitrogens with zero attached hydrogens (tertiary/aromatic N) is 5. The summed E-state index contributed by atoms with van der Waals surface area (Å²) in [7, 11) is -2.82. The molecule has 7 rings (SSSR count). The predicted octanol–water partition coefficient (Wildman–Crippen LogP) is 5.83. The highest BCUT2D eigenvalue weighted by Gasteiger charge is 2.51. The molecule has 1 amide bonds. The molecule has 0 radical (unpaired) electrons. The minimum Gasteiger partial charge on any atom is -0.454 e. The lowest BCUT2D eigenvalue weighted by atomic mass is 10.2. The number of carbonyl (C=O) groups excluding carboxylic acids is 1. The second kappa shape index (κ2) is 13.7. The number of hydrogen-bond acceptors (Lipinski definition) is 8. The standard InChI is InChI=1S/C37H39IN6O4Si/c1-25(34(38)48-49(37(2,3)4,26-11-7-5-8-12-26)27-13-9-6-10-14-27)41-36(45)29-15-16-33-40-24-30(44(33)42-29)32-23-28-31(47-32)17-18-39-35(28)43-19-21-46-22-20-43/h5-18,23-25,34H,19-22H2,1-4H3,(H,41,45)/t25-,34?/m1/s1. The van der Waals surface area contributed by atoms with Crippen LogP contribution in [-0.2, 0) is 9.16 Å². The maximum atomic E-state index is 13.7. The van der Waals surface area contributed by atoms with E-state index in [0.29, 0.717) is 30.3 Å². The number of pyridine rings is 1. The number of rotatable bonds is 9. The number of nitrogens with one attached hydrogen (secondary N) is 1. The van der Waals surface area contributed by atoms with Gasteiger partial charge in [0.05, 0.1) is 30.8 Å². The van der Waals surface area contributed by atoms with Gasteiger partial charge in [-0.2, -0.15) is 5.10 Å². The smallest absolute Gasteiger partial charge is 0.272 e. The molecule has 1 aliphatic rings. The fraction of sp³-hybridized carbons (Fsp3) is 0.297. The Bertz CT molecular complexity index is 2040. The van der Waals surface area contributed by atoms with Crippen LogP contribution >= 0.6 is 22.6 Å². The van der Waals surface area contributed by atoms with E-state index in [0.717, 1.165) is 29.9 Å². The van der Waals surface area contributed by atoms with Gasteiger partial charge in [0.15, 0.2) is 11.4 Å². The van der Waals surface area contributed by atoms with Crippen molar-refractivity contribution in [3.63, 3.8) is 0 Å². The highest BCUT2D eigenvalue weighted by Crippen LogP contribution is 2.39. The number of aromatic nitrogens is 4. The molecule has 0 saturated carbocycles. The molecule has 252 valence electrons. The Labute approximate surface area is 300 Å². The van der Waals surface area contributed by atoms with E-state index in [1.807, 2.05) is 31.2 Å². The van der Waals surface area contributed by atoms with Crippen molar-refractivity contribution < 1.29 is 18.4 Å². The maximum absolute atomic E-state index is 13.7. The number of halogens is 1. The number of morpholine rings is 1. The number of carbonyl (C=O) groups is 1. The molecule has 2 aromatic carbocycles. The van der Waals surface area contributed by atoms with Gasteiger partial charge in [-0.05, 0) is 46.6 Å². The van der Waals surface area contributed by atoms with Crippen LogP contribution in [0.3, 0.4) is 0 Å². The van der Waals surface area contributed by atoms with E-state index in [9.17, 15) is 4.79 Å². The summed E-state index contributed by atoms with van der Waals surface area (Å²) < 4.78 is 20.4. The van der Waals surface area contributed by atoms with Gasteiger partial charge in [-0.3, -0.25) is 4.79 Å². The summed E-state index contributed by atoms with van der Waals surface area (Å²) >= 11 is 2.32. The number of benzene rings is 2. The molecule has 1 fully saturated rings. The normalized spacial score (nSPS) is 15.4. The van der Waals surface area contributed by atoms with Crippen LogP contribution in [0, 0.1) is 0 Å². The van der Waals surface area contributed by atoms with Gasteiger partial charge in [-0.1, -0.05) is 104 Å². The second-order valence-electron chi connectivity index (χ2n) is 13.3. The first-order valence-electron chi connectivity index (χ1n) is 16.5. The number of hydrogen-bond donors (Lipinski definition) is 1. The largest absolute Gasteiger partial charge is 0.454 e. The van der Waals surface area contributed by atoms with Crippen molar-refractivity contribution in [1.82, 2.24) is 24.9 Å². The van der Waals surface area contributed by atoms with E-state index in [-0.39, 0.29) is 26.8 Å². The van der Waals surface area contributed by atoms with Gasteiger partial charge in [0.25, 0.3) is 14.2 Å². The van der Waals surface area contributed by atoms with Crippen molar-refractivity contribution in [3.8, 4) is 11.5 Å². The monoisotopic (exact) mass is 786 g/mol. The van der Waals surface area contributed by atoms with Crippen LogP contribution in [0.15, 0.2) is 102 Å². The van der Waals surface area contributed by atoms with E-state index < -0.39 is 8.32 Å². The number of imidazole rings is 1. The van der Waals surface area contributed by atoms with Crippen LogP contribution in [0.4, 0.5) is 5.82 Å². The molecule has 5 heterocycles. The lowest BCUT2D eigenvalue weighted by Crippen LogP contribution is -2.68. The molecule has 0 aliphatic carbocycles. The zero-order chi connectivity index (χ0) is 34.2. The van der Waals surface area contributed by atoms with Gasteiger partial charge >= 0.3 is 0 Å². The highest BCUT2D eigenvalue weighted by molar-refractivity contribution is 14.1. The van der Waals surface area contributed by atoms with Crippen LogP contribution in [0.25, 0.3) is 28.1 Å². The molecule has 4 aromatic heterocycles. The van der Waals surface area contributed by atoms with Gasteiger partial charge < -0.3 is 23.8 Å². The van der Waals surface area contributed by atoms with Gasteiger partial charge in [0.1, 0.15) is 26.9 Å². The third kappa shape index (κ3) is 6.38. The molecule has 49 heavy (non-hydrogen) atoms. The van der Waals surface area contributed by atoms with Crippen molar-refractivity contribution in [2.24, 2.45) is 0 Å². The predicted molar refractivity (Wildman–Crippen MR) is 202 cm³/mol. The van der Waals surface area contributed by atoms with E-state index in [2.05, 4.69) is 112 Å². The Kier molecular flexibility index (Phi) is 9.30. The van der Waals surface area contributed by atoms with Crippen LogP contribution in [0.2, 0.25) is 5.04 Å². The summed E-state index contributed by atoms with van der Waals surface area (Å²) in [6, 6.07) is 28.0. The fourth-order valence-electron chi connectivity index (χ4n) is 6.57. The minimum atomic E-state index is -2.82. The third-order valence-electron chi connectivity index (χ3n) is 9.04. The van der Waals surface area contributed by atoms with Gasteiger partial charge in [-0.15, -0.1) is 0 Å². The van der Waals surface area contributed by atoms with E-state index >= 15 is 0 Å². The van der Waals surface area contributed by atoms with Gasteiger partial charge in [0, 0.05) is 19.3 Å². The first-order valence-corrected chi connectivity index (χ1v) is 19.6. The SMILES string of the molecule is C[C@@H](NC(=O)c1ccc2ncc(-c3cc4c(N5CCOCC5)nccc4o3)n2n1)C(I)O[Si](c1ccccc1)(c1ccccc1)C(C)(C)C. The first-order chi connectivity index (χ1) is 23.7. The molecule has 0 bridgehead atoms. The van der Waals surface area contributed by atoms with Crippen molar-refractivity contribution in [2.45, 2.75) is 42.9 Å².